The topological polar surface area (TPSA) is 53.1 Å². The molecule has 2 N–H and O–H groups in total. The van der Waals surface area contributed by atoms with E-state index >= 15 is 0 Å². The number of aromatic amines is 1. The molecule has 25 heavy (non-hydrogen) atoms. The van der Waals surface area contributed by atoms with Gasteiger partial charge in [-0.3, -0.25) is 4.79 Å². The lowest BCUT2D eigenvalue weighted by Gasteiger charge is -2.15. The molecule has 0 spiro atoms. The van der Waals surface area contributed by atoms with E-state index in [9.17, 15) is 9.90 Å². The largest absolute Gasteiger partial charge is 0.507 e. The van der Waals surface area contributed by atoms with Crippen LogP contribution in [0.2, 0.25) is 0 Å². The van der Waals surface area contributed by atoms with E-state index in [4.69, 9.17) is 0 Å². The minimum Gasteiger partial charge on any atom is -0.507 e. The van der Waals surface area contributed by atoms with Crippen LogP contribution in [0.4, 0.5) is 0 Å². The Labute approximate surface area is 148 Å². The number of phenols is 1. The van der Waals surface area contributed by atoms with Crippen molar-refractivity contribution in [1.29, 1.82) is 0 Å². The number of aromatic nitrogens is 1. The van der Waals surface area contributed by atoms with Crippen LogP contribution in [0, 0.1) is 0 Å². The Kier molecular flexibility index (Phi) is 5.42. The van der Waals surface area contributed by atoms with Crippen LogP contribution >= 0.6 is 0 Å². The van der Waals surface area contributed by atoms with E-state index in [-0.39, 0.29) is 11.3 Å². The Morgan fingerprint density at radius 2 is 1.76 bits per heavy atom. The standard InChI is InChI=1S/C22H27NO2/c1-3-5-6-7-11-15-14-18-17-12-8-9-13-19(17)23-22(25)20(18)21(24)16(15)10-4-2/h8-9,12-14,24H,3-7,10-11H2,1-2H3,(H,23,25). The van der Waals surface area contributed by atoms with Crippen LogP contribution < -0.4 is 5.56 Å². The van der Waals surface area contributed by atoms with Crippen LogP contribution in [0.15, 0.2) is 35.1 Å². The number of unbranched alkanes of at least 4 members (excludes halogenated alkanes) is 3. The van der Waals surface area contributed by atoms with Gasteiger partial charge in [0, 0.05) is 16.3 Å². The molecule has 3 nitrogen and oxygen atoms in total. The predicted octanol–water partition coefficient (Wildman–Crippen LogP) is 5.46. The third-order valence-electron chi connectivity index (χ3n) is 4.99. The number of aromatic hydroxyl groups is 1. The smallest absolute Gasteiger partial charge is 0.260 e. The summed E-state index contributed by atoms with van der Waals surface area (Å²) in [6.07, 6.45) is 7.49. The second-order valence-electron chi connectivity index (χ2n) is 6.85. The Hall–Kier alpha value is -2.29. The average molecular weight is 337 g/mol. The zero-order chi connectivity index (χ0) is 17.8. The number of hydrogen-bond donors (Lipinski definition) is 2. The maximum atomic E-state index is 12.6. The van der Waals surface area contributed by atoms with Gasteiger partial charge in [0.05, 0.1) is 5.39 Å². The third kappa shape index (κ3) is 3.41. The van der Waals surface area contributed by atoms with E-state index in [1.54, 1.807) is 0 Å². The molecule has 132 valence electrons. The predicted molar refractivity (Wildman–Crippen MR) is 106 cm³/mol. The first-order valence-electron chi connectivity index (χ1n) is 9.45. The molecule has 0 fully saturated rings. The van der Waals surface area contributed by atoms with Gasteiger partial charge < -0.3 is 10.1 Å². The van der Waals surface area contributed by atoms with Gasteiger partial charge in [-0.2, -0.15) is 0 Å². The SMILES string of the molecule is CCCCCCc1cc2c(c(O)c1CCC)c(=O)[nH]c1ccccc12. The number of rotatable bonds is 7. The van der Waals surface area contributed by atoms with Crippen LogP contribution in [0.3, 0.4) is 0 Å². The summed E-state index contributed by atoms with van der Waals surface area (Å²) in [5.74, 6) is 0.178. The zero-order valence-corrected chi connectivity index (χ0v) is 15.2. The van der Waals surface area contributed by atoms with Crippen LogP contribution in [-0.4, -0.2) is 10.1 Å². The second kappa shape index (κ2) is 7.73. The molecule has 0 radical (unpaired) electrons. The lowest BCUT2D eigenvalue weighted by atomic mass is 9.92. The fourth-order valence-electron chi connectivity index (χ4n) is 3.71. The summed E-state index contributed by atoms with van der Waals surface area (Å²) in [5.41, 5.74) is 2.76. The first-order valence-corrected chi connectivity index (χ1v) is 9.45. The van der Waals surface area contributed by atoms with Crippen molar-refractivity contribution in [2.45, 2.75) is 58.8 Å². The Morgan fingerprint density at radius 3 is 2.52 bits per heavy atom. The number of para-hydroxylation sites is 1. The van der Waals surface area contributed by atoms with Crippen molar-refractivity contribution < 1.29 is 5.11 Å². The summed E-state index contributed by atoms with van der Waals surface area (Å²) in [4.78, 5) is 15.5. The number of nitrogens with one attached hydrogen (secondary N) is 1. The normalized spacial score (nSPS) is 11.4. The molecule has 0 amide bonds. The molecule has 0 aliphatic rings. The minimum absolute atomic E-state index is 0.178. The van der Waals surface area contributed by atoms with Crippen LogP contribution in [0.5, 0.6) is 5.75 Å². The number of phenolic OH excluding ortho intramolecular Hbond substituents is 1. The second-order valence-corrected chi connectivity index (χ2v) is 6.85. The summed E-state index contributed by atoms with van der Waals surface area (Å²) in [6.45, 7) is 4.32. The molecular formula is C22H27NO2. The van der Waals surface area contributed by atoms with Crippen molar-refractivity contribution in [3.05, 3.63) is 51.8 Å². The summed E-state index contributed by atoms with van der Waals surface area (Å²) in [6, 6.07) is 9.95. The quantitative estimate of drug-likeness (QED) is 0.444. The average Bonchev–Trinajstić information content (AvgIpc) is 2.61. The Balaban J connectivity index is 2.21. The minimum atomic E-state index is -0.207. The monoisotopic (exact) mass is 337 g/mol. The molecule has 3 rings (SSSR count). The summed E-state index contributed by atoms with van der Waals surface area (Å²) in [7, 11) is 0. The highest BCUT2D eigenvalue weighted by Gasteiger charge is 2.16. The van der Waals surface area contributed by atoms with Gasteiger partial charge in [-0.1, -0.05) is 57.7 Å². The number of pyridine rings is 1. The lowest BCUT2D eigenvalue weighted by Crippen LogP contribution is -2.09. The molecule has 0 atom stereocenters. The van der Waals surface area contributed by atoms with Crippen LogP contribution in [0.25, 0.3) is 21.7 Å². The van der Waals surface area contributed by atoms with E-state index in [0.29, 0.717) is 5.39 Å². The van der Waals surface area contributed by atoms with Crippen molar-refractivity contribution in [1.82, 2.24) is 4.98 Å². The van der Waals surface area contributed by atoms with Gasteiger partial charge in [0.1, 0.15) is 5.75 Å². The number of hydrogen-bond acceptors (Lipinski definition) is 2. The molecule has 0 unspecified atom stereocenters. The molecule has 3 heteroatoms. The first-order chi connectivity index (χ1) is 12.2. The van der Waals surface area contributed by atoms with Gasteiger partial charge >= 0.3 is 0 Å². The summed E-state index contributed by atoms with van der Waals surface area (Å²) < 4.78 is 0. The maximum absolute atomic E-state index is 12.6. The van der Waals surface area contributed by atoms with Crippen molar-refractivity contribution in [3.63, 3.8) is 0 Å². The fourth-order valence-corrected chi connectivity index (χ4v) is 3.71. The van der Waals surface area contributed by atoms with E-state index in [2.05, 4.69) is 24.9 Å². The molecule has 1 heterocycles. The highest BCUT2D eigenvalue weighted by atomic mass is 16.3. The van der Waals surface area contributed by atoms with Gasteiger partial charge in [-0.25, -0.2) is 0 Å². The zero-order valence-electron chi connectivity index (χ0n) is 15.2. The van der Waals surface area contributed by atoms with E-state index in [1.165, 1.54) is 24.8 Å². The summed E-state index contributed by atoms with van der Waals surface area (Å²) in [5, 5.41) is 13.2. The molecular weight excluding hydrogens is 310 g/mol. The summed E-state index contributed by atoms with van der Waals surface area (Å²) >= 11 is 0. The van der Waals surface area contributed by atoms with E-state index in [0.717, 1.165) is 47.5 Å². The Morgan fingerprint density at radius 1 is 0.960 bits per heavy atom. The lowest BCUT2D eigenvalue weighted by molar-refractivity contribution is 0.472. The van der Waals surface area contributed by atoms with Gasteiger partial charge in [0.25, 0.3) is 5.56 Å². The van der Waals surface area contributed by atoms with Crippen molar-refractivity contribution in [2.75, 3.05) is 0 Å². The van der Waals surface area contributed by atoms with Crippen molar-refractivity contribution in [2.24, 2.45) is 0 Å². The van der Waals surface area contributed by atoms with E-state index in [1.807, 2.05) is 24.3 Å². The highest BCUT2D eigenvalue weighted by Crippen LogP contribution is 2.34. The van der Waals surface area contributed by atoms with Crippen LogP contribution in [0.1, 0.15) is 57.1 Å². The van der Waals surface area contributed by atoms with Crippen molar-refractivity contribution >= 4 is 21.7 Å². The number of H-pyrrole nitrogens is 1. The number of aryl methyl sites for hydroxylation is 1. The molecule has 0 aliphatic heterocycles. The fraction of sp³-hybridized carbons (Fsp3) is 0.409. The first kappa shape index (κ1) is 17.5. The van der Waals surface area contributed by atoms with Crippen molar-refractivity contribution in [3.8, 4) is 5.75 Å². The third-order valence-corrected chi connectivity index (χ3v) is 4.99. The van der Waals surface area contributed by atoms with Gasteiger partial charge in [0.15, 0.2) is 0 Å². The highest BCUT2D eigenvalue weighted by molar-refractivity contribution is 6.08. The molecule has 0 aliphatic carbocycles. The Bertz CT molecular complexity index is 940. The van der Waals surface area contributed by atoms with Crippen LogP contribution in [-0.2, 0) is 12.8 Å². The number of benzene rings is 2. The van der Waals surface area contributed by atoms with Gasteiger partial charge in [0.2, 0.25) is 0 Å². The number of fused-ring (bicyclic) bond motifs is 3. The van der Waals surface area contributed by atoms with Gasteiger partial charge in [-0.15, -0.1) is 0 Å². The maximum Gasteiger partial charge on any atom is 0.260 e. The molecule has 0 bridgehead atoms. The molecule has 0 saturated heterocycles. The van der Waals surface area contributed by atoms with E-state index < -0.39 is 0 Å². The molecule has 2 aromatic carbocycles. The molecule has 3 aromatic rings. The molecule has 0 saturated carbocycles. The van der Waals surface area contributed by atoms with Gasteiger partial charge in [-0.05, 0) is 42.5 Å². The molecule has 1 aromatic heterocycles.